The summed E-state index contributed by atoms with van der Waals surface area (Å²) < 4.78 is 29.5. The molecule has 0 atom stereocenters. The number of guanidine groups is 1. The minimum atomic E-state index is -2.48. The van der Waals surface area contributed by atoms with E-state index < -0.39 is 13.0 Å². The van der Waals surface area contributed by atoms with Crippen molar-refractivity contribution in [2.75, 3.05) is 13.2 Å². The number of ether oxygens (including phenoxy) is 1. The van der Waals surface area contributed by atoms with Gasteiger partial charge in [0, 0.05) is 13.1 Å². The van der Waals surface area contributed by atoms with Gasteiger partial charge >= 0.3 is 0 Å². The number of aliphatic imine (C=N–C) groups is 1. The SMILES string of the molecule is CCNC(=NCc1cccc(OCC(F)F)c1)NCc1ccccc1.I. The lowest BCUT2D eigenvalue weighted by molar-refractivity contribution is 0.0818. The Morgan fingerprint density at radius 3 is 2.46 bits per heavy atom. The molecule has 0 saturated heterocycles. The fourth-order valence-electron chi connectivity index (χ4n) is 2.19. The maximum absolute atomic E-state index is 12.2. The van der Waals surface area contributed by atoms with Gasteiger partial charge in [-0.05, 0) is 30.2 Å². The monoisotopic (exact) mass is 475 g/mol. The Morgan fingerprint density at radius 1 is 1.04 bits per heavy atom. The first-order valence-corrected chi connectivity index (χ1v) is 8.23. The Labute approximate surface area is 170 Å². The summed E-state index contributed by atoms with van der Waals surface area (Å²) in [5.74, 6) is 1.13. The van der Waals surface area contributed by atoms with Crippen molar-refractivity contribution in [3.63, 3.8) is 0 Å². The van der Waals surface area contributed by atoms with E-state index in [0.29, 0.717) is 24.8 Å². The molecule has 0 aliphatic heterocycles. The molecule has 0 heterocycles. The first-order valence-electron chi connectivity index (χ1n) is 8.23. The fraction of sp³-hybridized carbons (Fsp3) is 0.316. The topological polar surface area (TPSA) is 45.7 Å². The van der Waals surface area contributed by atoms with Crippen molar-refractivity contribution in [2.45, 2.75) is 26.4 Å². The maximum Gasteiger partial charge on any atom is 0.272 e. The van der Waals surface area contributed by atoms with E-state index in [2.05, 4.69) is 15.6 Å². The standard InChI is InChI=1S/C19H23F2N3O.HI/c1-2-22-19(23-12-15-7-4-3-5-8-15)24-13-16-9-6-10-17(11-16)25-14-18(20)21;/h3-11,18H,2,12-14H2,1H3,(H2,22,23,24);1H. The van der Waals surface area contributed by atoms with Crippen LogP contribution in [-0.2, 0) is 13.1 Å². The number of hydrogen-bond donors (Lipinski definition) is 2. The summed E-state index contributed by atoms with van der Waals surface area (Å²) in [6.07, 6.45) is -2.48. The number of halogens is 3. The summed E-state index contributed by atoms with van der Waals surface area (Å²) in [6, 6.07) is 17.1. The molecule has 142 valence electrons. The highest BCUT2D eigenvalue weighted by atomic mass is 127. The van der Waals surface area contributed by atoms with Crippen LogP contribution in [0.3, 0.4) is 0 Å². The van der Waals surface area contributed by atoms with Gasteiger partial charge < -0.3 is 15.4 Å². The third-order valence-electron chi connectivity index (χ3n) is 3.34. The Hall–Kier alpha value is -1.90. The van der Waals surface area contributed by atoms with Crippen molar-refractivity contribution in [3.8, 4) is 5.75 Å². The Kier molecular flexibility index (Phi) is 10.6. The summed E-state index contributed by atoms with van der Waals surface area (Å²) in [5.41, 5.74) is 2.05. The number of alkyl halides is 2. The summed E-state index contributed by atoms with van der Waals surface area (Å²) in [7, 11) is 0. The predicted octanol–water partition coefficient (Wildman–Crippen LogP) is 4.20. The number of nitrogens with zero attached hydrogens (tertiary/aromatic N) is 1. The fourth-order valence-corrected chi connectivity index (χ4v) is 2.19. The quantitative estimate of drug-likeness (QED) is 0.342. The molecule has 0 amide bonds. The van der Waals surface area contributed by atoms with Gasteiger partial charge in [0.05, 0.1) is 6.54 Å². The van der Waals surface area contributed by atoms with Crippen molar-refractivity contribution >= 4 is 29.9 Å². The molecule has 0 bridgehead atoms. The van der Waals surface area contributed by atoms with Crippen molar-refractivity contribution in [3.05, 3.63) is 65.7 Å². The highest BCUT2D eigenvalue weighted by Crippen LogP contribution is 2.15. The minimum Gasteiger partial charge on any atom is -0.488 e. The van der Waals surface area contributed by atoms with Crippen molar-refractivity contribution in [1.82, 2.24) is 10.6 Å². The van der Waals surface area contributed by atoms with Crippen LogP contribution in [-0.4, -0.2) is 25.5 Å². The van der Waals surface area contributed by atoms with Gasteiger partial charge in [-0.2, -0.15) is 0 Å². The normalized spacial score (nSPS) is 11.0. The van der Waals surface area contributed by atoms with Crippen molar-refractivity contribution < 1.29 is 13.5 Å². The van der Waals surface area contributed by atoms with E-state index in [-0.39, 0.29) is 24.0 Å². The zero-order chi connectivity index (χ0) is 17.9. The van der Waals surface area contributed by atoms with E-state index in [1.165, 1.54) is 0 Å². The first-order chi connectivity index (χ1) is 12.2. The highest BCUT2D eigenvalue weighted by molar-refractivity contribution is 14.0. The summed E-state index contributed by atoms with van der Waals surface area (Å²) in [6.45, 7) is 3.24. The van der Waals surface area contributed by atoms with E-state index in [1.54, 1.807) is 18.2 Å². The van der Waals surface area contributed by atoms with E-state index in [4.69, 9.17) is 4.74 Å². The second-order valence-electron chi connectivity index (χ2n) is 5.38. The van der Waals surface area contributed by atoms with Gasteiger partial charge in [-0.3, -0.25) is 0 Å². The van der Waals surface area contributed by atoms with E-state index in [9.17, 15) is 8.78 Å². The molecule has 0 aromatic heterocycles. The number of rotatable bonds is 8. The lowest BCUT2D eigenvalue weighted by Gasteiger charge is -2.12. The highest BCUT2D eigenvalue weighted by Gasteiger charge is 2.04. The number of hydrogen-bond acceptors (Lipinski definition) is 2. The number of benzene rings is 2. The van der Waals surface area contributed by atoms with Crippen LogP contribution in [0.2, 0.25) is 0 Å². The Morgan fingerprint density at radius 2 is 1.77 bits per heavy atom. The van der Waals surface area contributed by atoms with E-state index in [1.807, 2.05) is 43.3 Å². The van der Waals surface area contributed by atoms with Gasteiger partial charge in [-0.1, -0.05) is 42.5 Å². The Balaban J connectivity index is 0.00000338. The lowest BCUT2D eigenvalue weighted by Crippen LogP contribution is -2.36. The molecule has 0 aliphatic carbocycles. The van der Waals surface area contributed by atoms with Gasteiger partial charge in [-0.15, -0.1) is 24.0 Å². The predicted molar refractivity (Wildman–Crippen MR) is 111 cm³/mol. The molecule has 2 aromatic carbocycles. The summed E-state index contributed by atoms with van der Waals surface area (Å²) in [5, 5.41) is 6.46. The molecule has 0 saturated carbocycles. The van der Waals surface area contributed by atoms with Crippen LogP contribution in [0.15, 0.2) is 59.6 Å². The molecule has 0 aliphatic rings. The minimum absolute atomic E-state index is 0. The zero-order valence-corrected chi connectivity index (χ0v) is 17.0. The van der Waals surface area contributed by atoms with Crippen LogP contribution < -0.4 is 15.4 Å². The molecule has 0 spiro atoms. The van der Waals surface area contributed by atoms with Crippen LogP contribution in [0.1, 0.15) is 18.1 Å². The van der Waals surface area contributed by atoms with Crippen molar-refractivity contribution in [2.24, 2.45) is 4.99 Å². The largest absolute Gasteiger partial charge is 0.488 e. The molecule has 0 unspecified atom stereocenters. The zero-order valence-electron chi connectivity index (χ0n) is 14.6. The molecule has 0 radical (unpaired) electrons. The van der Waals surface area contributed by atoms with Crippen LogP contribution in [0, 0.1) is 0 Å². The second-order valence-corrected chi connectivity index (χ2v) is 5.38. The average molecular weight is 475 g/mol. The van der Waals surface area contributed by atoms with E-state index >= 15 is 0 Å². The van der Waals surface area contributed by atoms with E-state index in [0.717, 1.165) is 17.7 Å². The van der Waals surface area contributed by atoms with Gasteiger partial charge in [0.25, 0.3) is 6.43 Å². The van der Waals surface area contributed by atoms with Gasteiger partial charge in [-0.25, -0.2) is 13.8 Å². The molecule has 4 nitrogen and oxygen atoms in total. The van der Waals surface area contributed by atoms with Crippen molar-refractivity contribution in [1.29, 1.82) is 0 Å². The molecular formula is C19H24F2IN3O. The molecule has 26 heavy (non-hydrogen) atoms. The summed E-state index contributed by atoms with van der Waals surface area (Å²) in [4.78, 5) is 4.53. The molecule has 0 fully saturated rings. The molecule has 2 rings (SSSR count). The van der Waals surface area contributed by atoms with Gasteiger partial charge in [0.1, 0.15) is 12.4 Å². The lowest BCUT2D eigenvalue weighted by atomic mass is 10.2. The first kappa shape index (κ1) is 22.1. The summed E-state index contributed by atoms with van der Waals surface area (Å²) >= 11 is 0. The second kappa shape index (κ2) is 12.5. The van der Waals surface area contributed by atoms with Crippen LogP contribution in [0.4, 0.5) is 8.78 Å². The third kappa shape index (κ3) is 8.46. The average Bonchev–Trinajstić information content (AvgIpc) is 2.63. The molecule has 2 N–H and O–H groups in total. The molecular weight excluding hydrogens is 451 g/mol. The van der Waals surface area contributed by atoms with Gasteiger partial charge in [0.2, 0.25) is 0 Å². The van der Waals surface area contributed by atoms with Gasteiger partial charge in [0.15, 0.2) is 5.96 Å². The molecule has 7 heteroatoms. The van der Waals surface area contributed by atoms with Crippen LogP contribution >= 0.6 is 24.0 Å². The Bertz CT molecular complexity index is 669. The maximum atomic E-state index is 12.2. The number of nitrogens with one attached hydrogen (secondary N) is 2. The third-order valence-corrected chi connectivity index (χ3v) is 3.34. The van der Waals surface area contributed by atoms with Crippen LogP contribution in [0.5, 0.6) is 5.75 Å². The smallest absolute Gasteiger partial charge is 0.272 e. The van der Waals surface area contributed by atoms with Crippen LogP contribution in [0.25, 0.3) is 0 Å². The molecule has 2 aromatic rings.